The van der Waals surface area contributed by atoms with Gasteiger partial charge in [0.25, 0.3) is 5.69 Å². The van der Waals surface area contributed by atoms with Crippen LogP contribution in [0.15, 0.2) is 30.3 Å². The Hall–Kier alpha value is -3.42. The van der Waals surface area contributed by atoms with Gasteiger partial charge < -0.3 is 14.9 Å². The molecule has 25 heavy (non-hydrogen) atoms. The molecule has 0 bridgehead atoms. The number of carbonyl (C=O) groups is 1. The van der Waals surface area contributed by atoms with Gasteiger partial charge >= 0.3 is 5.97 Å². The Balaban J connectivity index is 2.68. The molecule has 0 radical (unpaired) electrons. The summed E-state index contributed by atoms with van der Waals surface area (Å²) in [7, 11) is 1.21. The summed E-state index contributed by atoms with van der Waals surface area (Å²) >= 11 is 0. The highest BCUT2D eigenvalue weighted by Gasteiger charge is 2.19. The smallest absolute Gasteiger partial charge is 0.336 e. The van der Waals surface area contributed by atoms with Crippen LogP contribution in [0.5, 0.6) is 11.5 Å². The molecule has 0 unspecified atom stereocenters. The average molecular weight is 347 g/mol. The van der Waals surface area contributed by atoms with Crippen LogP contribution in [-0.2, 0) is 4.79 Å². The van der Waals surface area contributed by atoms with Gasteiger partial charge in [0.05, 0.1) is 23.7 Å². The molecule has 2 rings (SSSR count). The van der Waals surface area contributed by atoms with Crippen molar-refractivity contribution in [3.05, 3.63) is 63.0 Å². The number of nitrogens with zero attached hydrogens (tertiary/aromatic N) is 1. The summed E-state index contributed by atoms with van der Waals surface area (Å²) in [6, 6.07) is 5.88. The number of ether oxygens (including phenoxy) is 1. The molecule has 0 aliphatic rings. The van der Waals surface area contributed by atoms with Gasteiger partial charge in [-0.25, -0.2) is 9.18 Å². The molecule has 2 N–H and O–H groups in total. The maximum atomic E-state index is 13.7. The van der Waals surface area contributed by atoms with Crippen molar-refractivity contribution in [2.75, 3.05) is 7.11 Å². The van der Waals surface area contributed by atoms with E-state index < -0.39 is 22.5 Å². The quantitative estimate of drug-likeness (QED) is 0.371. The van der Waals surface area contributed by atoms with Gasteiger partial charge in [0.1, 0.15) is 5.82 Å². The van der Waals surface area contributed by atoms with E-state index in [2.05, 4.69) is 0 Å². The lowest BCUT2D eigenvalue weighted by atomic mass is 10.0. The fourth-order valence-corrected chi connectivity index (χ4v) is 2.17. The molecule has 2 aromatic carbocycles. The minimum atomic E-state index is -1.38. The van der Waals surface area contributed by atoms with E-state index in [9.17, 15) is 29.5 Å². The van der Waals surface area contributed by atoms with E-state index in [0.29, 0.717) is 5.56 Å². The summed E-state index contributed by atoms with van der Waals surface area (Å²) in [5.74, 6) is -2.61. The maximum absolute atomic E-state index is 13.7. The van der Waals surface area contributed by atoms with Crippen LogP contribution in [0.4, 0.5) is 10.1 Å². The summed E-state index contributed by atoms with van der Waals surface area (Å²) in [4.78, 5) is 21.8. The van der Waals surface area contributed by atoms with Crippen molar-refractivity contribution in [3.63, 3.8) is 0 Å². The Labute approximate surface area is 141 Å². The number of non-ortho nitro benzene ring substituents is 1. The third-order valence-electron chi connectivity index (χ3n) is 3.53. The fourth-order valence-electron chi connectivity index (χ4n) is 2.17. The zero-order chi connectivity index (χ0) is 18.7. The Morgan fingerprint density at radius 1 is 1.32 bits per heavy atom. The van der Waals surface area contributed by atoms with Crippen LogP contribution >= 0.6 is 0 Å². The number of aliphatic carboxylic acids is 1. The lowest BCUT2D eigenvalue weighted by Crippen LogP contribution is -2.01. The van der Waals surface area contributed by atoms with Gasteiger partial charge in [0.2, 0.25) is 0 Å². The van der Waals surface area contributed by atoms with Crippen molar-refractivity contribution in [3.8, 4) is 11.5 Å². The SMILES string of the molecule is COc1cc([N+](=O)[O-])cc(/C=C(\C(=O)O)c2ccc(C)c(F)c2)c1O. The second-order valence-corrected chi connectivity index (χ2v) is 5.17. The number of phenols is 1. The van der Waals surface area contributed by atoms with Crippen molar-refractivity contribution >= 4 is 23.3 Å². The first-order valence-corrected chi connectivity index (χ1v) is 7.01. The third kappa shape index (κ3) is 3.74. The van der Waals surface area contributed by atoms with E-state index in [-0.39, 0.29) is 28.1 Å². The second-order valence-electron chi connectivity index (χ2n) is 5.17. The fraction of sp³-hybridized carbons (Fsp3) is 0.118. The van der Waals surface area contributed by atoms with Crippen LogP contribution in [0.3, 0.4) is 0 Å². The molecule has 130 valence electrons. The van der Waals surface area contributed by atoms with Crippen molar-refractivity contribution in [2.24, 2.45) is 0 Å². The van der Waals surface area contributed by atoms with Crippen LogP contribution < -0.4 is 4.74 Å². The number of aromatic hydroxyl groups is 1. The molecular formula is C17H14FNO6. The first-order valence-electron chi connectivity index (χ1n) is 7.01. The van der Waals surface area contributed by atoms with Gasteiger partial charge in [-0.1, -0.05) is 12.1 Å². The molecule has 0 fully saturated rings. The lowest BCUT2D eigenvalue weighted by Gasteiger charge is -2.09. The van der Waals surface area contributed by atoms with E-state index in [0.717, 1.165) is 24.3 Å². The first-order chi connectivity index (χ1) is 11.7. The monoisotopic (exact) mass is 347 g/mol. The number of carboxylic acids is 1. The molecule has 8 heteroatoms. The minimum Gasteiger partial charge on any atom is -0.504 e. The first kappa shape index (κ1) is 17.9. The summed E-state index contributed by atoms with van der Waals surface area (Å²) in [6.45, 7) is 1.53. The van der Waals surface area contributed by atoms with E-state index in [1.807, 2.05) is 0 Å². The zero-order valence-corrected chi connectivity index (χ0v) is 13.3. The molecule has 0 spiro atoms. The van der Waals surface area contributed by atoms with Crippen molar-refractivity contribution in [1.29, 1.82) is 0 Å². The zero-order valence-electron chi connectivity index (χ0n) is 13.3. The number of hydrogen-bond acceptors (Lipinski definition) is 5. The summed E-state index contributed by atoms with van der Waals surface area (Å²) < 4.78 is 18.6. The molecule has 0 heterocycles. The largest absolute Gasteiger partial charge is 0.504 e. The molecule has 0 atom stereocenters. The van der Waals surface area contributed by atoms with E-state index in [1.165, 1.54) is 26.2 Å². The minimum absolute atomic E-state index is 0.0560. The van der Waals surface area contributed by atoms with E-state index in [4.69, 9.17) is 4.74 Å². The number of aryl methyl sites for hydroxylation is 1. The van der Waals surface area contributed by atoms with Crippen molar-refractivity contribution < 1.29 is 29.1 Å². The molecule has 7 nitrogen and oxygen atoms in total. The summed E-state index contributed by atoms with van der Waals surface area (Å²) in [5.41, 5.74) is -0.462. The number of hydrogen-bond donors (Lipinski definition) is 2. The molecule has 0 aliphatic heterocycles. The van der Waals surface area contributed by atoms with Crippen LogP contribution in [0.25, 0.3) is 11.6 Å². The summed E-state index contributed by atoms with van der Waals surface area (Å²) in [6.07, 6.45) is 1.03. The predicted octanol–water partition coefficient (Wildman–Crippen LogP) is 3.38. The number of rotatable bonds is 5. The van der Waals surface area contributed by atoms with Gasteiger partial charge in [-0.15, -0.1) is 0 Å². The van der Waals surface area contributed by atoms with Gasteiger partial charge in [-0.2, -0.15) is 0 Å². The highest BCUT2D eigenvalue weighted by molar-refractivity contribution is 6.20. The van der Waals surface area contributed by atoms with Crippen LogP contribution in [0.2, 0.25) is 0 Å². The average Bonchev–Trinajstić information content (AvgIpc) is 2.56. The highest BCUT2D eigenvalue weighted by Crippen LogP contribution is 2.36. The molecule has 0 aliphatic carbocycles. The van der Waals surface area contributed by atoms with Crippen LogP contribution in [0.1, 0.15) is 16.7 Å². The Kier molecular flexibility index (Phi) is 5.02. The van der Waals surface area contributed by atoms with Crippen LogP contribution in [0, 0.1) is 22.9 Å². The molecule has 0 amide bonds. The number of carboxylic acid groups (broad SMARTS) is 1. The van der Waals surface area contributed by atoms with Gasteiger partial charge in [0, 0.05) is 11.6 Å². The molecular weight excluding hydrogens is 333 g/mol. The number of methoxy groups -OCH3 is 1. The molecule has 2 aromatic rings. The predicted molar refractivity (Wildman–Crippen MR) is 88.0 cm³/mol. The number of halogens is 1. The maximum Gasteiger partial charge on any atom is 0.336 e. The Morgan fingerprint density at radius 3 is 2.52 bits per heavy atom. The number of nitro groups is 1. The van der Waals surface area contributed by atoms with Crippen molar-refractivity contribution in [1.82, 2.24) is 0 Å². The lowest BCUT2D eigenvalue weighted by molar-refractivity contribution is -0.385. The Bertz CT molecular complexity index is 891. The topological polar surface area (TPSA) is 110 Å². The Morgan fingerprint density at radius 2 is 2.00 bits per heavy atom. The van der Waals surface area contributed by atoms with Gasteiger partial charge in [-0.3, -0.25) is 10.1 Å². The van der Waals surface area contributed by atoms with Crippen molar-refractivity contribution in [2.45, 2.75) is 6.92 Å². The normalized spacial score (nSPS) is 11.2. The standard InChI is InChI=1S/C17H14FNO6/c1-9-3-4-10(7-14(9)18)13(17(21)22)6-11-5-12(19(23)24)8-15(25-2)16(11)20/h3-8,20H,1-2H3,(H,21,22)/b13-6-. The molecule has 0 aromatic heterocycles. The van der Waals surface area contributed by atoms with Gasteiger partial charge in [-0.05, 0) is 30.2 Å². The molecule has 0 saturated heterocycles. The van der Waals surface area contributed by atoms with E-state index >= 15 is 0 Å². The van der Waals surface area contributed by atoms with E-state index in [1.54, 1.807) is 0 Å². The highest BCUT2D eigenvalue weighted by atomic mass is 19.1. The summed E-state index contributed by atoms with van der Waals surface area (Å²) in [5, 5.41) is 30.5. The third-order valence-corrected chi connectivity index (χ3v) is 3.53. The second kappa shape index (κ2) is 7.00. The number of benzene rings is 2. The number of nitro benzene ring substituents is 1. The van der Waals surface area contributed by atoms with Gasteiger partial charge in [0.15, 0.2) is 11.5 Å². The number of phenolic OH excluding ortho intramolecular Hbond substituents is 1. The van der Waals surface area contributed by atoms with Crippen LogP contribution in [-0.4, -0.2) is 28.2 Å². The molecule has 0 saturated carbocycles.